The highest BCUT2D eigenvalue weighted by molar-refractivity contribution is 5.92. The number of nitrogens with one attached hydrogen (secondary N) is 3. The number of aliphatic carboxylic acids is 1. The zero-order chi connectivity index (χ0) is 24.8. The van der Waals surface area contributed by atoms with Crippen molar-refractivity contribution in [2.45, 2.75) is 56.8 Å². The third kappa shape index (κ3) is 12.3. The van der Waals surface area contributed by atoms with Gasteiger partial charge in [0, 0.05) is 13.0 Å². The van der Waals surface area contributed by atoms with Gasteiger partial charge in [-0.25, -0.2) is 4.79 Å². The van der Waals surface area contributed by atoms with E-state index in [1.807, 2.05) is 0 Å². The van der Waals surface area contributed by atoms with E-state index in [4.69, 9.17) is 22.9 Å². The first-order valence-electron chi connectivity index (χ1n) is 9.72. The molecular formula is C17H32N8O7. The first kappa shape index (κ1) is 28.5. The molecule has 15 nitrogen and oxygen atoms in total. The standard InChI is InChI=1S/C17H32N8O7/c1-8(26)13(19)15(30)23-7-12(28)24-9(3-2-6-22-17(20)21)14(29)25-10(16(31)32)4-5-11(18)27/h8-10,13,26H,2-7,19H2,1H3,(H2,18,27)(H,23,30)(H,24,28)(H,25,29)(H,31,32)(H4,20,21,22). The van der Waals surface area contributed by atoms with Crippen LogP contribution in [0.2, 0.25) is 0 Å². The number of aliphatic imine (C=N–C) groups is 1. The molecule has 0 aliphatic carbocycles. The molecule has 32 heavy (non-hydrogen) atoms. The van der Waals surface area contributed by atoms with Gasteiger partial charge in [-0.05, 0) is 26.2 Å². The molecule has 0 aromatic heterocycles. The van der Waals surface area contributed by atoms with E-state index in [0.29, 0.717) is 0 Å². The van der Waals surface area contributed by atoms with Gasteiger partial charge in [0.25, 0.3) is 0 Å². The van der Waals surface area contributed by atoms with Crippen LogP contribution < -0.4 is 38.9 Å². The lowest BCUT2D eigenvalue weighted by atomic mass is 10.1. The van der Waals surface area contributed by atoms with E-state index in [1.54, 1.807) is 0 Å². The summed E-state index contributed by atoms with van der Waals surface area (Å²) >= 11 is 0. The maximum atomic E-state index is 12.6. The Labute approximate surface area is 184 Å². The van der Waals surface area contributed by atoms with Crippen molar-refractivity contribution >= 4 is 35.6 Å². The number of aliphatic hydroxyl groups excluding tert-OH is 1. The van der Waals surface area contributed by atoms with E-state index >= 15 is 0 Å². The number of hydrogen-bond acceptors (Lipinski definition) is 8. The average molecular weight is 460 g/mol. The van der Waals surface area contributed by atoms with Gasteiger partial charge in [0.15, 0.2) is 5.96 Å². The van der Waals surface area contributed by atoms with Gasteiger partial charge in [-0.1, -0.05) is 0 Å². The number of carboxylic acids is 1. The highest BCUT2D eigenvalue weighted by Gasteiger charge is 2.27. The Morgan fingerprint density at radius 1 is 0.969 bits per heavy atom. The second kappa shape index (κ2) is 14.5. The zero-order valence-electron chi connectivity index (χ0n) is 17.7. The van der Waals surface area contributed by atoms with Gasteiger partial charge in [-0.15, -0.1) is 0 Å². The third-order valence-corrected chi connectivity index (χ3v) is 4.14. The van der Waals surface area contributed by atoms with Crippen LogP contribution in [0.4, 0.5) is 0 Å². The Kier molecular flexibility index (Phi) is 13.0. The number of carbonyl (C=O) groups is 5. The molecule has 0 fully saturated rings. The topological polar surface area (TPSA) is 278 Å². The molecule has 0 rings (SSSR count). The number of carbonyl (C=O) groups excluding carboxylic acids is 4. The van der Waals surface area contributed by atoms with E-state index in [0.717, 1.165) is 0 Å². The Hall–Kier alpha value is -3.46. The predicted molar refractivity (Wildman–Crippen MR) is 113 cm³/mol. The molecule has 4 atom stereocenters. The Morgan fingerprint density at radius 2 is 1.59 bits per heavy atom. The number of rotatable bonds is 15. The summed E-state index contributed by atoms with van der Waals surface area (Å²) in [6.07, 6.45) is -1.35. The van der Waals surface area contributed by atoms with Crippen molar-refractivity contribution in [2.24, 2.45) is 27.9 Å². The predicted octanol–water partition coefficient (Wildman–Crippen LogP) is -4.82. The van der Waals surface area contributed by atoms with Gasteiger partial charge in [0.05, 0.1) is 12.6 Å². The fraction of sp³-hybridized carbons (Fsp3) is 0.647. The van der Waals surface area contributed by atoms with E-state index < -0.39 is 60.4 Å². The third-order valence-electron chi connectivity index (χ3n) is 4.14. The van der Waals surface area contributed by atoms with Crippen molar-refractivity contribution < 1.29 is 34.2 Å². The Bertz CT molecular complexity index is 709. The van der Waals surface area contributed by atoms with Crippen LogP contribution in [0.3, 0.4) is 0 Å². The smallest absolute Gasteiger partial charge is 0.326 e. The Morgan fingerprint density at radius 3 is 2.09 bits per heavy atom. The quantitative estimate of drug-likeness (QED) is 0.0638. The number of primary amides is 1. The molecule has 13 N–H and O–H groups in total. The average Bonchev–Trinajstić information content (AvgIpc) is 2.69. The van der Waals surface area contributed by atoms with Gasteiger partial charge >= 0.3 is 5.97 Å². The van der Waals surface area contributed by atoms with Crippen molar-refractivity contribution in [3.05, 3.63) is 0 Å². The van der Waals surface area contributed by atoms with Crippen molar-refractivity contribution in [1.82, 2.24) is 16.0 Å². The number of hydrogen-bond donors (Lipinski definition) is 9. The SMILES string of the molecule is CC(O)C(N)C(=O)NCC(=O)NC(CCCN=C(N)N)C(=O)NC(CCC(N)=O)C(=O)O. The zero-order valence-corrected chi connectivity index (χ0v) is 17.7. The van der Waals surface area contributed by atoms with Crippen LogP contribution in [0, 0.1) is 0 Å². The van der Waals surface area contributed by atoms with Gasteiger partial charge in [-0.2, -0.15) is 0 Å². The molecule has 0 heterocycles. The van der Waals surface area contributed by atoms with Crippen molar-refractivity contribution in [3.8, 4) is 0 Å². The largest absolute Gasteiger partial charge is 0.480 e. The summed E-state index contributed by atoms with van der Waals surface area (Å²) in [6.45, 7) is 0.908. The minimum Gasteiger partial charge on any atom is -0.480 e. The lowest BCUT2D eigenvalue weighted by Gasteiger charge is -2.21. The van der Waals surface area contributed by atoms with Crippen molar-refractivity contribution in [2.75, 3.05) is 13.1 Å². The number of aliphatic hydroxyl groups is 1. The fourth-order valence-electron chi connectivity index (χ4n) is 2.34. The molecule has 0 saturated carbocycles. The number of guanidine groups is 1. The van der Waals surface area contributed by atoms with E-state index in [-0.39, 0.29) is 38.2 Å². The molecule has 0 aliphatic heterocycles. The summed E-state index contributed by atoms with van der Waals surface area (Å²) in [5, 5.41) is 25.4. The molecular weight excluding hydrogens is 428 g/mol. The minimum absolute atomic E-state index is 0.0393. The lowest BCUT2D eigenvalue weighted by Crippen LogP contribution is -2.54. The summed E-state index contributed by atoms with van der Waals surface area (Å²) in [6, 6.07) is -3.84. The normalized spacial score (nSPS) is 14.2. The second-order valence-corrected chi connectivity index (χ2v) is 6.96. The molecule has 0 bridgehead atoms. The molecule has 0 saturated heterocycles. The first-order chi connectivity index (χ1) is 14.8. The molecule has 15 heteroatoms. The number of amides is 4. The highest BCUT2D eigenvalue weighted by Crippen LogP contribution is 2.03. The molecule has 0 spiro atoms. The summed E-state index contributed by atoms with van der Waals surface area (Å²) < 4.78 is 0. The molecule has 0 aromatic rings. The molecule has 4 unspecified atom stereocenters. The molecule has 0 aliphatic rings. The van der Waals surface area contributed by atoms with Crippen LogP contribution in [-0.2, 0) is 24.0 Å². The van der Waals surface area contributed by atoms with Gasteiger partial charge in [-0.3, -0.25) is 24.2 Å². The van der Waals surface area contributed by atoms with E-state index in [9.17, 15) is 34.2 Å². The fourth-order valence-corrected chi connectivity index (χ4v) is 2.34. The molecule has 0 radical (unpaired) electrons. The van der Waals surface area contributed by atoms with Crippen LogP contribution in [0.5, 0.6) is 0 Å². The van der Waals surface area contributed by atoms with E-state index in [1.165, 1.54) is 6.92 Å². The van der Waals surface area contributed by atoms with Gasteiger partial charge < -0.3 is 49.1 Å². The summed E-state index contributed by atoms with van der Waals surface area (Å²) in [4.78, 5) is 62.5. The monoisotopic (exact) mass is 460 g/mol. The second-order valence-electron chi connectivity index (χ2n) is 6.96. The van der Waals surface area contributed by atoms with Crippen LogP contribution >= 0.6 is 0 Å². The minimum atomic E-state index is -1.41. The van der Waals surface area contributed by atoms with Crippen molar-refractivity contribution in [3.63, 3.8) is 0 Å². The summed E-state index contributed by atoms with van der Waals surface area (Å²) in [5.74, 6) is -4.65. The number of nitrogens with two attached hydrogens (primary N) is 4. The summed E-state index contributed by atoms with van der Waals surface area (Å²) in [7, 11) is 0. The van der Waals surface area contributed by atoms with Crippen LogP contribution in [0.1, 0.15) is 32.6 Å². The summed E-state index contributed by atoms with van der Waals surface area (Å²) in [5.41, 5.74) is 20.9. The van der Waals surface area contributed by atoms with Gasteiger partial charge in [0.2, 0.25) is 23.6 Å². The highest BCUT2D eigenvalue weighted by atomic mass is 16.4. The molecule has 4 amide bonds. The van der Waals surface area contributed by atoms with Crippen LogP contribution in [-0.4, -0.2) is 83.1 Å². The van der Waals surface area contributed by atoms with Gasteiger partial charge in [0.1, 0.15) is 18.1 Å². The number of nitrogens with zero attached hydrogens (tertiary/aromatic N) is 1. The molecule has 0 aromatic carbocycles. The lowest BCUT2D eigenvalue weighted by molar-refractivity contribution is -0.142. The molecule has 182 valence electrons. The van der Waals surface area contributed by atoms with E-state index in [2.05, 4.69) is 20.9 Å². The first-order valence-corrected chi connectivity index (χ1v) is 9.72. The Balaban J connectivity index is 5.10. The maximum Gasteiger partial charge on any atom is 0.326 e. The maximum absolute atomic E-state index is 12.6. The van der Waals surface area contributed by atoms with Crippen LogP contribution in [0.25, 0.3) is 0 Å². The van der Waals surface area contributed by atoms with Crippen molar-refractivity contribution in [1.29, 1.82) is 0 Å². The van der Waals surface area contributed by atoms with Crippen LogP contribution in [0.15, 0.2) is 4.99 Å². The number of carboxylic acid groups (broad SMARTS) is 1.